The first-order valence-corrected chi connectivity index (χ1v) is 5.88. The molecule has 94 valence electrons. The summed E-state index contributed by atoms with van der Waals surface area (Å²) in [6.07, 6.45) is 0. The highest BCUT2D eigenvalue weighted by atomic mass is 32.1. The van der Waals surface area contributed by atoms with Crippen LogP contribution in [0, 0.1) is 18.6 Å². The lowest BCUT2D eigenvalue weighted by atomic mass is 10.3. The van der Waals surface area contributed by atoms with E-state index in [1.54, 1.807) is 12.3 Å². The van der Waals surface area contributed by atoms with E-state index in [-0.39, 0.29) is 5.69 Å². The molecule has 0 aliphatic heterocycles. The lowest BCUT2D eigenvalue weighted by molar-refractivity contribution is 0.262. The average Bonchev–Trinajstić information content (AvgIpc) is 2.68. The van der Waals surface area contributed by atoms with Crippen LogP contribution in [-0.4, -0.2) is 11.0 Å². The molecule has 0 spiro atoms. The molecular formula is C11H9F2N3OS. The SMILES string of the molecule is Cc1csc(NC(=O)Nc2ccc(F)cc2F)n1. The summed E-state index contributed by atoms with van der Waals surface area (Å²) in [6.45, 7) is 1.79. The van der Waals surface area contributed by atoms with E-state index < -0.39 is 17.7 Å². The second-order valence-electron chi connectivity index (χ2n) is 3.50. The van der Waals surface area contributed by atoms with Gasteiger partial charge in [-0.2, -0.15) is 0 Å². The van der Waals surface area contributed by atoms with Crippen LogP contribution in [0.2, 0.25) is 0 Å². The molecule has 1 heterocycles. The van der Waals surface area contributed by atoms with Crippen molar-refractivity contribution in [2.45, 2.75) is 6.92 Å². The summed E-state index contributed by atoms with van der Waals surface area (Å²) in [5, 5.41) is 6.90. The number of halogens is 2. The van der Waals surface area contributed by atoms with Gasteiger partial charge in [0.15, 0.2) is 5.13 Å². The minimum Gasteiger partial charge on any atom is -0.305 e. The molecule has 0 aliphatic carbocycles. The fraction of sp³-hybridized carbons (Fsp3) is 0.0909. The molecule has 0 saturated heterocycles. The van der Waals surface area contributed by atoms with Gasteiger partial charge in [0.1, 0.15) is 11.6 Å². The van der Waals surface area contributed by atoms with Gasteiger partial charge in [-0.1, -0.05) is 0 Å². The number of hydrogen-bond acceptors (Lipinski definition) is 3. The van der Waals surface area contributed by atoms with Gasteiger partial charge in [-0.15, -0.1) is 11.3 Å². The standard InChI is InChI=1S/C11H9F2N3OS/c1-6-5-18-11(14-6)16-10(17)15-9-3-2-7(12)4-8(9)13/h2-5H,1H3,(H2,14,15,16,17). The number of thiazole rings is 1. The van der Waals surface area contributed by atoms with Gasteiger partial charge in [-0.05, 0) is 19.1 Å². The van der Waals surface area contributed by atoms with Gasteiger partial charge in [0.2, 0.25) is 0 Å². The van der Waals surface area contributed by atoms with Gasteiger partial charge >= 0.3 is 6.03 Å². The smallest absolute Gasteiger partial charge is 0.305 e. The fourth-order valence-corrected chi connectivity index (χ4v) is 1.94. The van der Waals surface area contributed by atoms with Crippen molar-refractivity contribution in [1.29, 1.82) is 0 Å². The number of hydrogen-bond donors (Lipinski definition) is 2. The second-order valence-corrected chi connectivity index (χ2v) is 4.36. The van der Waals surface area contributed by atoms with Crippen LogP contribution in [0.4, 0.5) is 24.4 Å². The summed E-state index contributed by atoms with van der Waals surface area (Å²) in [5.74, 6) is -1.53. The molecule has 0 aliphatic rings. The van der Waals surface area contributed by atoms with E-state index >= 15 is 0 Å². The molecule has 0 unspecified atom stereocenters. The van der Waals surface area contributed by atoms with Gasteiger partial charge in [0, 0.05) is 11.4 Å². The molecule has 0 atom stereocenters. The lowest BCUT2D eigenvalue weighted by Gasteiger charge is -2.06. The summed E-state index contributed by atoms with van der Waals surface area (Å²) in [5.41, 5.74) is 0.686. The molecule has 0 saturated carbocycles. The largest absolute Gasteiger partial charge is 0.325 e. The third-order valence-corrected chi connectivity index (χ3v) is 2.89. The zero-order valence-corrected chi connectivity index (χ0v) is 10.1. The summed E-state index contributed by atoms with van der Waals surface area (Å²) in [7, 11) is 0. The molecule has 7 heteroatoms. The number of nitrogens with zero attached hydrogens (tertiary/aromatic N) is 1. The van der Waals surface area contributed by atoms with E-state index in [0.29, 0.717) is 11.2 Å². The van der Waals surface area contributed by atoms with Gasteiger partial charge in [-0.3, -0.25) is 5.32 Å². The Kier molecular flexibility index (Phi) is 3.52. The quantitative estimate of drug-likeness (QED) is 0.878. The Morgan fingerprint density at radius 2 is 2.11 bits per heavy atom. The second kappa shape index (κ2) is 5.09. The first-order chi connectivity index (χ1) is 8.54. The molecule has 0 fully saturated rings. The van der Waals surface area contributed by atoms with Gasteiger partial charge in [-0.25, -0.2) is 18.6 Å². The van der Waals surface area contributed by atoms with Crippen LogP contribution in [0.15, 0.2) is 23.6 Å². The van der Waals surface area contributed by atoms with Crippen molar-refractivity contribution in [3.05, 3.63) is 40.9 Å². The number of aromatic nitrogens is 1. The first kappa shape index (κ1) is 12.4. The van der Waals surface area contributed by atoms with E-state index in [0.717, 1.165) is 17.8 Å². The predicted molar refractivity (Wildman–Crippen MR) is 65.9 cm³/mol. The normalized spacial score (nSPS) is 10.2. The summed E-state index contributed by atoms with van der Waals surface area (Å²) < 4.78 is 25.9. The molecule has 2 aromatic rings. The number of benzene rings is 1. The Morgan fingerprint density at radius 3 is 2.72 bits per heavy atom. The molecule has 1 aromatic carbocycles. The number of urea groups is 1. The molecule has 18 heavy (non-hydrogen) atoms. The number of amides is 2. The highest BCUT2D eigenvalue weighted by molar-refractivity contribution is 7.13. The van der Waals surface area contributed by atoms with Crippen LogP contribution in [0.3, 0.4) is 0 Å². The maximum atomic E-state index is 13.3. The van der Waals surface area contributed by atoms with Crippen molar-refractivity contribution < 1.29 is 13.6 Å². The maximum Gasteiger partial charge on any atom is 0.325 e. The minimum absolute atomic E-state index is 0.0952. The van der Waals surface area contributed by atoms with E-state index in [2.05, 4.69) is 15.6 Å². The predicted octanol–water partition coefficient (Wildman–Crippen LogP) is 3.37. The number of carbonyl (C=O) groups excluding carboxylic acids is 1. The molecular weight excluding hydrogens is 260 g/mol. The zero-order chi connectivity index (χ0) is 13.1. The maximum absolute atomic E-state index is 13.3. The minimum atomic E-state index is -0.833. The van der Waals surface area contributed by atoms with Gasteiger partial charge in [0.05, 0.1) is 11.4 Å². The van der Waals surface area contributed by atoms with Crippen LogP contribution < -0.4 is 10.6 Å². The van der Waals surface area contributed by atoms with Crippen molar-refractivity contribution in [2.75, 3.05) is 10.6 Å². The third-order valence-electron chi connectivity index (χ3n) is 2.02. The van der Waals surface area contributed by atoms with Gasteiger partial charge < -0.3 is 5.32 Å². The van der Waals surface area contributed by atoms with Crippen molar-refractivity contribution in [1.82, 2.24) is 4.98 Å². The Labute approximate surface area is 106 Å². The molecule has 2 amide bonds. The summed E-state index contributed by atoms with van der Waals surface area (Å²) >= 11 is 1.26. The lowest BCUT2D eigenvalue weighted by Crippen LogP contribution is -2.20. The van der Waals surface area contributed by atoms with E-state index in [9.17, 15) is 13.6 Å². The van der Waals surface area contributed by atoms with E-state index in [1.165, 1.54) is 11.3 Å². The van der Waals surface area contributed by atoms with Crippen molar-refractivity contribution in [3.63, 3.8) is 0 Å². The zero-order valence-electron chi connectivity index (χ0n) is 9.33. The monoisotopic (exact) mass is 269 g/mol. The molecule has 0 radical (unpaired) electrons. The average molecular weight is 269 g/mol. The summed E-state index contributed by atoms with van der Waals surface area (Å²) in [4.78, 5) is 15.5. The Morgan fingerprint density at radius 1 is 1.33 bits per heavy atom. The van der Waals surface area contributed by atoms with Crippen LogP contribution in [0.5, 0.6) is 0 Å². The highest BCUT2D eigenvalue weighted by Gasteiger charge is 2.09. The van der Waals surface area contributed by atoms with E-state index in [4.69, 9.17) is 0 Å². The van der Waals surface area contributed by atoms with Crippen LogP contribution in [0.25, 0.3) is 0 Å². The fourth-order valence-electron chi connectivity index (χ4n) is 1.25. The molecule has 1 aromatic heterocycles. The van der Waals surface area contributed by atoms with Crippen LogP contribution >= 0.6 is 11.3 Å². The number of nitrogens with one attached hydrogen (secondary N) is 2. The number of aryl methyl sites for hydroxylation is 1. The molecule has 0 bridgehead atoms. The number of rotatable bonds is 2. The van der Waals surface area contributed by atoms with Crippen molar-refractivity contribution in [3.8, 4) is 0 Å². The number of anilines is 2. The Balaban J connectivity index is 2.03. The third kappa shape index (κ3) is 3.01. The highest BCUT2D eigenvalue weighted by Crippen LogP contribution is 2.17. The molecule has 2 rings (SSSR count). The van der Waals surface area contributed by atoms with Gasteiger partial charge in [0.25, 0.3) is 0 Å². The topological polar surface area (TPSA) is 54.0 Å². The molecule has 2 N–H and O–H groups in total. The Hall–Kier alpha value is -2.02. The van der Waals surface area contributed by atoms with E-state index in [1.807, 2.05) is 0 Å². The van der Waals surface area contributed by atoms with Crippen molar-refractivity contribution in [2.24, 2.45) is 0 Å². The molecule has 4 nitrogen and oxygen atoms in total. The Bertz CT molecular complexity index is 585. The van der Waals surface area contributed by atoms with Crippen LogP contribution in [0.1, 0.15) is 5.69 Å². The van der Waals surface area contributed by atoms with Crippen LogP contribution in [-0.2, 0) is 0 Å². The first-order valence-electron chi connectivity index (χ1n) is 5.00. The van der Waals surface area contributed by atoms with Crippen molar-refractivity contribution >= 4 is 28.2 Å². The summed E-state index contributed by atoms with van der Waals surface area (Å²) in [6, 6.07) is 2.28. The number of carbonyl (C=O) groups is 1.